The number of hydrogen-bond acceptors (Lipinski definition) is 4. The standard InChI is InChI=1S/C10H17N7O/c1-3-6-7-8(16(2)15-6)17(9(11)14-7)5-4-13-10(12)18/h3-5H2,1-2H3,(H2,11,14)(H3,12,13,18). The van der Waals surface area contributed by atoms with Crippen LogP contribution in [0, 0.1) is 0 Å². The summed E-state index contributed by atoms with van der Waals surface area (Å²) in [4.78, 5) is 14.9. The van der Waals surface area contributed by atoms with Crippen LogP contribution in [0.25, 0.3) is 11.2 Å². The van der Waals surface area contributed by atoms with Gasteiger partial charge in [-0.05, 0) is 6.42 Å². The van der Waals surface area contributed by atoms with Gasteiger partial charge in [0.2, 0.25) is 5.95 Å². The molecule has 18 heavy (non-hydrogen) atoms. The number of imidazole rings is 1. The minimum Gasteiger partial charge on any atom is -0.369 e. The largest absolute Gasteiger partial charge is 0.369 e. The number of fused-ring (bicyclic) bond motifs is 1. The van der Waals surface area contributed by atoms with Gasteiger partial charge in [0.25, 0.3) is 0 Å². The number of carbonyl (C=O) groups is 1. The van der Waals surface area contributed by atoms with Gasteiger partial charge in [-0.15, -0.1) is 0 Å². The van der Waals surface area contributed by atoms with Gasteiger partial charge in [0, 0.05) is 20.1 Å². The van der Waals surface area contributed by atoms with Crippen LogP contribution in [-0.4, -0.2) is 31.9 Å². The molecule has 2 rings (SSSR count). The highest BCUT2D eigenvalue weighted by Crippen LogP contribution is 2.20. The number of nitrogens with one attached hydrogen (secondary N) is 1. The molecule has 8 nitrogen and oxygen atoms in total. The van der Waals surface area contributed by atoms with E-state index in [2.05, 4.69) is 15.4 Å². The van der Waals surface area contributed by atoms with Crippen LogP contribution in [-0.2, 0) is 20.0 Å². The molecule has 0 aliphatic heterocycles. The van der Waals surface area contributed by atoms with Crippen LogP contribution in [0.2, 0.25) is 0 Å². The van der Waals surface area contributed by atoms with E-state index in [1.807, 2.05) is 18.5 Å². The second-order valence-electron chi connectivity index (χ2n) is 4.01. The van der Waals surface area contributed by atoms with Crippen LogP contribution in [0.3, 0.4) is 0 Å². The van der Waals surface area contributed by atoms with Crippen molar-refractivity contribution in [3.05, 3.63) is 5.69 Å². The Labute approximate surface area is 104 Å². The van der Waals surface area contributed by atoms with E-state index < -0.39 is 6.03 Å². The number of hydrogen-bond donors (Lipinski definition) is 3. The second kappa shape index (κ2) is 4.55. The topological polar surface area (TPSA) is 117 Å². The van der Waals surface area contributed by atoms with Crippen molar-refractivity contribution >= 4 is 23.1 Å². The third-order valence-corrected chi connectivity index (χ3v) is 2.79. The van der Waals surface area contributed by atoms with Crippen LogP contribution in [0.4, 0.5) is 10.7 Å². The number of aryl methyl sites for hydroxylation is 2. The fraction of sp³-hybridized carbons (Fsp3) is 0.500. The van der Waals surface area contributed by atoms with Gasteiger partial charge < -0.3 is 16.8 Å². The van der Waals surface area contributed by atoms with Crippen molar-refractivity contribution in [2.24, 2.45) is 12.8 Å². The molecule has 98 valence electrons. The SMILES string of the molecule is CCc1nn(C)c2c1nc(N)n2CCNC(N)=O. The molecule has 0 aliphatic carbocycles. The maximum absolute atomic E-state index is 10.6. The lowest BCUT2D eigenvalue weighted by molar-refractivity contribution is 0.248. The van der Waals surface area contributed by atoms with Gasteiger partial charge in [-0.2, -0.15) is 5.10 Å². The van der Waals surface area contributed by atoms with E-state index in [0.717, 1.165) is 23.3 Å². The highest BCUT2D eigenvalue weighted by atomic mass is 16.2. The average molecular weight is 251 g/mol. The molecule has 0 saturated heterocycles. The van der Waals surface area contributed by atoms with Crippen molar-refractivity contribution in [1.82, 2.24) is 24.6 Å². The zero-order valence-electron chi connectivity index (χ0n) is 10.5. The average Bonchev–Trinajstić information content (AvgIpc) is 2.77. The van der Waals surface area contributed by atoms with Crippen molar-refractivity contribution in [2.45, 2.75) is 19.9 Å². The number of anilines is 1. The summed E-state index contributed by atoms with van der Waals surface area (Å²) in [7, 11) is 1.85. The quantitative estimate of drug-likeness (QED) is 0.684. The monoisotopic (exact) mass is 251 g/mol. The van der Waals surface area contributed by atoms with Crippen molar-refractivity contribution in [1.29, 1.82) is 0 Å². The Hall–Kier alpha value is -2.25. The van der Waals surface area contributed by atoms with Gasteiger partial charge in [0.15, 0.2) is 5.65 Å². The highest BCUT2D eigenvalue weighted by Gasteiger charge is 2.16. The lowest BCUT2D eigenvalue weighted by Crippen LogP contribution is -2.32. The molecule has 2 amide bonds. The Kier molecular flexibility index (Phi) is 3.09. The molecule has 0 unspecified atom stereocenters. The molecule has 5 N–H and O–H groups in total. The summed E-state index contributed by atoms with van der Waals surface area (Å²) in [5.41, 5.74) is 13.5. The molecule has 2 heterocycles. The fourth-order valence-electron chi connectivity index (χ4n) is 2.01. The van der Waals surface area contributed by atoms with Gasteiger partial charge in [-0.1, -0.05) is 6.92 Å². The van der Waals surface area contributed by atoms with E-state index in [1.165, 1.54) is 0 Å². The molecule has 0 saturated carbocycles. The first-order chi connectivity index (χ1) is 8.54. The number of nitrogen functional groups attached to an aromatic ring is 1. The minimum atomic E-state index is -0.552. The summed E-state index contributed by atoms with van der Waals surface area (Å²) in [5, 5.41) is 6.90. The smallest absolute Gasteiger partial charge is 0.312 e. The maximum atomic E-state index is 10.6. The van der Waals surface area contributed by atoms with Crippen LogP contribution in [0.15, 0.2) is 0 Å². The number of nitrogens with two attached hydrogens (primary N) is 2. The Morgan fingerprint density at radius 3 is 2.83 bits per heavy atom. The molecule has 2 aromatic heterocycles. The summed E-state index contributed by atoms with van der Waals surface area (Å²) in [6, 6.07) is -0.552. The van der Waals surface area contributed by atoms with Crippen LogP contribution < -0.4 is 16.8 Å². The molecule has 0 spiro atoms. The van der Waals surface area contributed by atoms with Gasteiger partial charge in [0.1, 0.15) is 5.52 Å². The van der Waals surface area contributed by atoms with E-state index in [-0.39, 0.29) is 0 Å². The zero-order valence-corrected chi connectivity index (χ0v) is 10.5. The molecule has 0 atom stereocenters. The Bertz CT molecular complexity index is 583. The van der Waals surface area contributed by atoms with Crippen molar-refractivity contribution in [3.63, 3.8) is 0 Å². The zero-order chi connectivity index (χ0) is 13.3. The van der Waals surface area contributed by atoms with E-state index >= 15 is 0 Å². The molecule has 2 aromatic rings. The van der Waals surface area contributed by atoms with Crippen LogP contribution >= 0.6 is 0 Å². The van der Waals surface area contributed by atoms with E-state index in [9.17, 15) is 4.79 Å². The van der Waals surface area contributed by atoms with Gasteiger partial charge in [-0.25, -0.2) is 9.78 Å². The fourth-order valence-corrected chi connectivity index (χ4v) is 2.01. The summed E-state index contributed by atoms with van der Waals surface area (Å²) in [6.45, 7) is 2.93. The Morgan fingerprint density at radius 1 is 1.50 bits per heavy atom. The first-order valence-electron chi connectivity index (χ1n) is 5.75. The number of amides is 2. The molecule has 0 radical (unpaired) electrons. The molecule has 0 fully saturated rings. The number of nitrogens with zero attached hydrogens (tertiary/aromatic N) is 4. The van der Waals surface area contributed by atoms with Gasteiger partial charge in [-0.3, -0.25) is 9.25 Å². The molecule has 0 bridgehead atoms. The van der Waals surface area contributed by atoms with Crippen LogP contribution in [0.5, 0.6) is 0 Å². The van der Waals surface area contributed by atoms with Crippen molar-refractivity contribution < 1.29 is 4.79 Å². The van der Waals surface area contributed by atoms with E-state index in [4.69, 9.17) is 11.5 Å². The molecular formula is C10H17N7O. The van der Waals surface area contributed by atoms with E-state index in [1.54, 1.807) is 4.68 Å². The predicted molar refractivity (Wildman–Crippen MR) is 67.9 cm³/mol. The van der Waals surface area contributed by atoms with Crippen molar-refractivity contribution in [3.8, 4) is 0 Å². The molecule has 8 heteroatoms. The third-order valence-electron chi connectivity index (χ3n) is 2.79. The Balaban J connectivity index is 2.34. The number of aromatic nitrogens is 4. The number of primary amides is 1. The number of carbonyl (C=O) groups excluding carboxylic acids is 1. The lowest BCUT2D eigenvalue weighted by atomic mass is 10.3. The number of urea groups is 1. The molecule has 0 aromatic carbocycles. The van der Waals surface area contributed by atoms with Gasteiger partial charge in [0.05, 0.1) is 5.69 Å². The first-order valence-corrected chi connectivity index (χ1v) is 5.75. The highest BCUT2D eigenvalue weighted by molar-refractivity contribution is 5.77. The summed E-state index contributed by atoms with van der Waals surface area (Å²) in [5.74, 6) is 0.416. The maximum Gasteiger partial charge on any atom is 0.312 e. The van der Waals surface area contributed by atoms with Crippen molar-refractivity contribution in [2.75, 3.05) is 12.3 Å². The lowest BCUT2D eigenvalue weighted by Gasteiger charge is -2.06. The minimum absolute atomic E-state index is 0.400. The van der Waals surface area contributed by atoms with Gasteiger partial charge >= 0.3 is 6.03 Å². The Morgan fingerprint density at radius 2 is 2.22 bits per heavy atom. The summed E-state index contributed by atoms with van der Waals surface area (Å²) < 4.78 is 3.57. The van der Waals surface area contributed by atoms with E-state index in [0.29, 0.717) is 19.0 Å². The number of rotatable bonds is 4. The first kappa shape index (κ1) is 12.2. The molecule has 0 aliphatic rings. The third kappa shape index (κ3) is 1.96. The predicted octanol–water partition coefficient (Wildman–Crippen LogP) is -0.417. The molecular weight excluding hydrogens is 234 g/mol. The normalized spacial score (nSPS) is 11.0. The summed E-state index contributed by atoms with van der Waals surface area (Å²) in [6.07, 6.45) is 0.799. The second-order valence-corrected chi connectivity index (χ2v) is 4.01. The summed E-state index contributed by atoms with van der Waals surface area (Å²) >= 11 is 0. The van der Waals surface area contributed by atoms with Crippen LogP contribution in [0.1, 0.15) is 12.6 Å².